The molecule has 0 aliphatic rings. The molecule has 1 heterocycles. The molecule has 0 radical (unpaired) electrons. The van der Waals surface area contributed by atoms with Crippen molar-refractivity contribution < 1.29 is 8.78 Å². The van der Waals surface area contributed by atoms with E-state index >= 15 is 0 Å². The fraction of sp³-hybridized carbons (Fsp3) is 0.182. The molecule has 0 fully saturated rings. The molecular weight excluding hydrogens is 198 g/mol. The number of aromatic nitrogens is 2. The number of nitrogens with zero attached hydrogens (tertiary/aromatic N) is 2. The highest BCUT2D eigenvalue weighted by atomic mass is 19.1. The van der Waals surface area contributed by atoms with Crippen LogP contribution in [0.3, 0.4) is 0 Å². The van der Waals surface area contributed by atoms with E-state index in [1.165, 1.54) is 16.8 Å². The third kappa shape index (κ3) is 1.75. The minimum atomic E-state index is -0.613. The van der Waals surface area contributed by atoms with Gasteiger partial charge in [-0.25, -0.2) is 13.5 Å². The molecule has 0 spiro atoms. The first-order valence-corrected chi connectivity index (χ1v) is 4.56. The van der Waals surface area contributed by atoms with Gasteiger partial charge in [0.15, 0.2) is 5.82 Å². The second kappa shape index (κ2) is 3.46. The van der Waals surface area contributed by atoms with E-state index in [9.17, 15) is 8.78 Å². The summed E-state index contributed by atoms with van der Waals surface area (Å²) in [5, 5.41) is 4.13. The Bertz CT molecular complexity index is 484. The van der Waals surface area contributed by atoms with Crippen molar-refractivity contribution >= 4 is 0 Å². The zero-order valence-electron chi connectivity index (χ0n) is 8.46. The molecule has 78 valence electrons. The fourth-order valence-electron chi connectivity index (χ4n) is 1.34. The predicted octanol–water partition coefficient (Wildman–Crippen LogP) is 2.77. The molecule has 2 nitrogen and oxygen atoms in total. The van der Waals surface area contributed by atoms with E-state index in [1.54, 1.807) is 6.20 Å². The van der Waals surface area contributed by atoms with Gasteiger partial charge in [0.25, 0.3) is 0 Å². The molecule has 0 aliphatic carbocycles. The average molecular weight is 208 g/mol. The molecule has 0 atom stereocenters. The fourth-order valence-corrected chi connectivity index (χ4v) is 1.34. The summed E-state index contributed by atoms with van der Waals surface area (Å²) in [5.74, 6) is -1.20. The van der Waals surface area contributed by atoms with Crippen LogP contribution >= 0.6 is 0 Å². The minimum Gasteiger partial charge on any atom is -0.237 e. The van der Waals surface area contributed by atoms with E-state index in [1.807, 2.05) is 13.8 Å². The molecule has 4 heteroatoms. The summed E-state index contributed by atoms with van der Waals surface area (Å²) in [6.07, 6.45) is 1.71. The molecule has 2 rings (SSSR count). The van der Waals surface area contributed by atoms with Gasteiger partial charge in [-0.1, -0.05) is 0 Å². The molecular formula is C11H10F2N2. The van der Waals surface area contributed by atoms with Crippen molar-refractivity contribution in [3.05, 3.63) is 47.3 Å². The van der Waals surface area contributed by atoms with Gasteiger partial charge in [0.05, 0.1) is 5.69 Å². The number of aryl methyl sites for hydroxylation is 2. The van der Waals surface area contributed by atoms with Crippen molar-refractivity contribution in [3.8, 4) is 5.69 Å². The van der Waals surface area contributed by atoms with E-state index in [0.29, 0.717) is 0 Å². The maximum absolute atomic E-state index is 13.4. The molecule has 15 heavy (non-hydrogen) atoms. The molecule has 0 N–H and O–H groups in total. The van der Waals surface area contributed by atoms with Gasteiger partial charge < -0.3 is 0 Å². The molecule has 0 saturated heterocycles. The van der Waals surface area contributed by atoms with Crippen LogP contribution in [0.4, 0.5) is 8.78 Å². The topological polar surface area (TPSA) is 17.8 Å². The van der Waals surface area contributed by atoms with Crippen LogP contribution in [0.5, 0.6) is 0 Å². The molecule has 0 amide bonds. The molecule has 0 saturated carbocycles. The van der Waals surface area contributed by atoms with Crippen molar-refractivity contribution in [1.29, 1.82) is 0 Å². The van der Waals surface area contributed by atoms with Gasteiger partial charge >= 0.3 is 0 Å². The highest BCUT2D eigenvalue weighted by Crippen LogP contribution is 2.15. The molecule has 1 aromatic heterocycles. The SMILES string of the molecule is Cc1cn(-c2ccc(F)cc2F)nc1C. The second-order valence-corrected chi connectivity index (χ2v) is 3.44. The van der Waals surface area contributed by atoms with Crippen molar-refractivity contribution in [2.45, 2.75) is 13.8 Å². The molecule has 0 unspecified atom stereocenters. The smallest absolute Gasteiger partial charge is 0.151 e. The summed E-state index contributed by atoms with van der Waals surface area (Å²) in [4.78, 5) is 0. The molecule has 2 aromatic rings. The van der Waals surface area contributed by atoms with Gasteiger partial charge in [-0.05, 0) is 31.5 Å². The van der Waals surface area contributed by atoms with Crippen molar-refractivity contribution in [1.82, 2.24) is 9.78 Å². The van der Waals surface area contributed by atoms with Crippen molar-refractivity contribution in [2.75, 3.05) is 0 Å². The van der Waals surface area contributed by atoms with Gasteiger partial charge in [0.1, 0.15) is 11.5 Å². The van der Waals surface area contributed by atoms with Crippen LogP contribution in [0, 0.1) is 25.5 Å². The summed E-state index contributed by atoms with van der Waals surface area (Å²) < 4.78 is 27.5. The lowest BCUT2D eigenvalue weighted by Crippen LogP contribution is -1.98. The Morgan fingerprint density at radius 2 is 1.93 bits per heavy atom. The first-order valence-electron chi connectivity index (χ1n) is 4.56. The summed E-state index contributed by atoms with van der Waals surface area (Å²) in [6, 6.07) is 3.43. The van der Waals surface area contributed by atoms with E-state index < -0.39 is 11.6 Å². The van der Waals surface area contributed by atoms with Crippen LogP contribution in [-0.4, -0.2) is 9.78 Å². The Morgan fingerprint density at radius 1 is 1.20 bits per heavy atom. The van der Waals surface area contributed by atoms with Gasteiger partial charge in [-0.3, -0.25) is 0 Å². The first-order chi connectivity index (χ1) is 7.08. The number of hydrogen-bond donors (Lipinski definition) is 0. The monoisotopic (exact) mass is 208 g/mol. The maximum Gasteiger partial charge on any atom is 0.151 e. The highest BCUT2D eigenvalue weighted by Gasteiger charge is 2.08. The quantitative estimate of drug-likeness (QED) is 0.704. The standard InChI is InChI=1S/C11H10F2N2/c1-7-6-15(14-8(7)2)11-4-3-9(12)5-10(11)13/h3-6H,1-2H3. The molecule has 0 bridgehead atoms. The van der Waals surface area contributed by atoms with E-state index in [4.69, 9.17) is 0 Å². The Hall–Kier alpha value is -1.71. The number of rotatable bonds is 1. The molecule has 0 aliphatic heterocycles. The zero-order valence-corrected chi connectivity index (χ0v) is 8.46. The average Bonchev–Trinajstić information content (AvgIpc) is 2.46. The van der Waals surface area contributed by atoms with E-state index in [-0.39, 0.29) is 5.69 Å². The molecule has 1 aromatic carbocycles. The lowest BCUT2D eigenvalue weighted by Gasteiger charge is -2.02. The van der Waals surface area contributed by atoms with Gasteiger partial charge in [0.2, 0.25) is 0 Å². The maximum atomic E-state index is 13.4. The second-order valence-electron chi connectivity index (χ2n) is 3.44. The normalized spacial score (nSPS) is 10.7. The number of halogens is 2. The summed E-state index contributed by atoms with van der Waals surface area (Å²) >= 11 is 0. The van der Waals surface area contributed by atoms with Crippen LogP contribution in [0.25, 0.3) is 5.69 Å². The first kappa shape index (κ1) is 9.83. The lowest BCUT2D eigenvalue weighted by molar-refractivity contribution is 0.573. The van der Waals surface area contributed by atoms with Crippen LogP contribution in [0.15, 0.2) is 24.4 Å². The van der Waals surface area contributed by atoms with Crippen molar-refractivity contribution in [2.24, 2.45) is 0 Å². The van der Waals surface area contributed by atoms with Crippen LogP contribution in [-0.2, 0) is 0 Å². The lowest BCUT2D eigenvalue weighted by atomic mass is 10.3. The third-order valence-electron chi connectivity index (χ3n) is 2.30. The third-order valence-corrected chi connectivity index (χ3v) is 2.30. The van der Waals surface area contributed by atoms with E-state index in [0.717, 1.165) is 17.3 Å². The highest BCUT2D eigenvalue weighted by molar-refractivity contribution is 5.34. The number of hydrogen-bond acceptors (Lipinski definition) is 1. The van der Waals surface area contributed by atoms with Crippen molar-refractivity contribution in [3.63, 3.8) is 0 Å². The summed E-state index contributed by atoms with van der Waals surface area (Å²) in [5.41, 5.74) is 2.06. The Kier molecular flexibility index (Phi) is 2.26. The van der Waals surface area contributed by atoms with Gasteiger partial charge in [0, 0.05) is 12.3 Å². The van der Waals surface area contributed by atoms with Gasteiger partial charge in [-0.2, -0.15) is 5.10 Å². The van der Waals surface area contributed by atoms with E-state index in [2.05, 4.69) is 5.10 Å². The van der Waals surface area contributed by atoms with Gasteiger partial charge in [-0.15, -0.1) is 0 Å². The summed E-state index contributed by atoms with van der Waals surface area (Å²) in [7, 11) is 0. The Morgan fingerprint density at radius 3 is 2.47 bits per heavy atom. The zero-order chi connectivity index (χ0) is 11.0. The number of benzene rings is 1. The largest absolute Gasteiger partial charge is 0.237 e. The Labute approximate surface area is 86.2 Å². The van der Waals surface area contributed by atoms with Crippen LogP contribution < -0.4 is 0 Å². The van der Waals surface area contributed by atoms with Crippen LogP contribution in [0.2, 0.25) is 0 Å². The Balaban J connectivity index is 2.54. The predicted molar refractivity (Wildman–Crippen MR) is 53.0 cm³/mol. The minimum absolute atomic E-state index is 0.257. The summed E-state index contributed by atoms with van der Waals surface area (Å²) in [6.45, 7) is 3.73. The van der Waals surface area contributed by atoms with Crippen LogP contribution in [0.1, 0.15) is 11.3 Å².